The molecule has 0 unspecified atom stereocenters. The third-order valence-electron chi connectivity index (χ3n) is 0.487. The molecule has 5 nitrogen and oxygen atoms in total. The van der Waals surface area contributed by atoms with Crippen molar-refractivity contribution in [3.63, 3.8) is 0 Å². The molecule has 7 heteroatoms. The van der Waals surface area contributed by atoms with E-state index in [9.17, 15) is 14.9 Å². The van der Waals surface area contributed by atoms with Crippen molar-refractivity contribution in [1.82, 2.24) is 0 Å². The predicted molar refractivity (Wildman–Crippen MR) is 35.2 cm³/mol. The minimum atomic E-state index is -2.24. The van der Waals surface area contributed by atoms with Crippen molar-refractivity contribution in [2.45, 2.75) is 3.36 Å². The lowest BCUT2D eigenvalue weighted by Gasteiger charge is -2.02. The van der Waals surface area contributed by atoms with Gasteiger partial charge in [0.1, 0.15) is 0 Å². The molecule has 0 fully saturated rings. The largest absolute Gasteiger partial charge is 0.475 e. The molecule has 0 aromatic heterocycles. The maximum atomic E-state index is 9.93. The summed E-state index contributed by atoms with van der Waals surface area (Å²) in [7, 11) is 0. The van der Waals surface area contributed by atoms with Crippen molar-refractivity contribution in [3.8, 4) is 0 Å². The van der Waals surface area contributed by atoms with Crippen LogP contribution in [0.4, 0.5) is 0 Å². The highest BCUT2D eigenvalue weighted by Crippen LogP contribution is 2.26. The van der Waals surface area contributed by atoms with Crippen molar-refractivity contribution in [1.29, 1.82) is 0 Å². The molecule has 0 aliphatic rings. The van der Waals surface area contributed by atoms with E-state index in [0.29, 0.717) is 0 Å². The molecule has 0 rings (SSSR count). The van der Waals surface area contributed by atoms with Gasteiger partial charge in [-0.15, -0.1) is 0 Å². The SMILES string of the molecule is O=C(O)C(Br)(Br)[N+](=O)[O-]. The van der Waals surface area contributed by atoms with Gasteiger partial charge in [0.05, 0.1) is 4.92 Å². The van der Waals surface area contributed by atoms with Gasteiger partial charge in [0.2, 0.25) is 0 Å². The maximum Gasteiger partial charge on any atom is 0.420 e. The van der Waals surface area contributed by atoms with Crippen LogP contribution in [0.25, 0.3) is 0 Å². The third-order valence-corrected chi connectivity index (χ3v) is 1.74. The summed E-state index contributed by atoms with van der Waals surface area (Å²) < 4.78 is -2.24. The van der Waals surface area contributed by atoms with Gasteiger partial charge in [0.25, 0.3) is 0 Å². The predicted octanol–water partition coefficient (Wildman–Crippen LogP) is 0.791. The van der Waals surface area contributed by atoms with Crippen LogP contribution in [-0.2, 0) is 4.79 Å². The first-order chi connectivity index (χ1) is 3.89. The highest BCUT2D eigenvalue weighted by atomic mass is 79.9. The van der Waals surface area contributed by atoms with Crippen LogP contribution in [0.1, 0.15) is 0 Å². The molecule has 0 spiro atoms. The van der Waals surface area contributed by atoms with Crippen molar-refractivity contribution < 1.29 is 14.8 Å². The van der Waals surface area contributed by atoms with E-state index in [4.69, 9.17) is 5.11 Å². The van der Waals surface area contributed by atoms with Crippen LogP contribution in [-0.4, -0.2) is 19.4 Å². The second-order valence-electron chi connectivity index (χ2n) is 1.10. The molecule has 9 heavy (non-hydrogen) atoms. The minimum Gasteiger partial charge on any atom is -0.475 e. The van der Waals surface area contributed by atoms with Crippen LogP contribution >= 0.6 is 31.9 Å². The number of aliphatic carboxylic acids is 1. The second-order valence-corrected chi connectivity index (χ2v) is 4.46. The van der Waals surface area contributed by atoms with Gasteiger partial charge in [-0.3, -0.25) is 10.1 Å². The Hall–Kier alpha value is -0.170. The van der Waals surface area contributed by atoms with E-state index >= 15 is 0 Å². The Balaban J connectivity index is 4.38. The van der Waals surface area contributed by atoms with E-state index in [1.807, 2.05) is 0 Å². The average Bonchev–Trinajstić information content (AvgIpc) is 1.65. The molecule has 0 saturated heterocycles. The van der Waals surface area contributed by atoms with Crippen molar-refractivity contribution >= 4 is 37.8 Å². The first-order valence-corrected chi connectivity index (χ1v) is 3.23. The monoisotopic (exact) mass is 261 g/mol. The number of nitro groups is 1. The van der Waals surface area contributed by atoms with Crippen LogP contribution in [0.5, 0.6) is 0 Å². The fraction of sp³-hybridized carbons (Fsp3) is 0.500. The van der Waals surface area contributed by atoms with E-state index in [1.165, 1.54) is 0 Å². The molecule has 0 amide bonds. The fourth-order valence-corrected chi connectivity index (χ4v) is 0.0781. The van der Waals surface area contributed by atoms with E-state index in [0.717, 1.165) is 0 Å². The zero-order chi connectivity index (χ0) is 7.65. The molecular weight excluding hydrogens is 262 g/mol. The van der Waals surface area contributed by atoms with Gasteiger partial charge in [0.15, 0.2) is 0 Å². The number of alkyl halides is 2. The number of hydrogen-bond acceptors (Lipinski definition) is 3. The molecule has 1 N–H and O–H groups in total. The molecule has 0 atom stereocenters. The van der Waals surface area contributed by atoms with Crippen molar-refractivity contribution in [2.75, 3.05) is 0 Å². The molecule has 0 bridgehead atoms. The van der Waals surface area contributed by atoms with Gasteiger partial charge in [0, 0.05) is 31.9 Å². The first kappa shape index (κ1) is 8.83. The summed E-state index contributed by atoms with van der Waals surface area (Å²) in [6.07, 6.45) is 0. The topological polar surface area (TPSA) is 80.4 Å². The average molecular weight is 263 g/mol. The van der Waals surface area contributed by atoms with Crippen LogP contribution in [0.15, 0.2) is 0 Å². The van der Waals surface area contributed by atoms with Crippen LogP contribution in [0.2, 0.25) is 0 Å². The molecule has 52 valence electrons. The summed E-state index contributed by atoms with van der Waals surface area (Å²) in [5, 5.41) is 17.9. The molecule has 0 aliphatic carbocycles. The van der Waals surface area contributed by atoms with Crippen molar-refractivity contribution in [3.05, 3.63) is 10.1 Å². The Morgan fingerprint density at radius 3 is 2.00 bits per heavy atom. The van der Waals surface area contributed by atoms with Crippen LogP contribution < -0.4 is 0 Å². The van der Waals surface area contributed by atoms with E-state index in [2.05, 4.69) is 31.9 Å². The molecule has 0 aliphatic heterocycles. The molecule has 0 aromatic rings. The summed E-state index contributed by atoms with van der Waals surface area (Å²) in [6, 6.07) is 0. The standard InChI is InChI=1S/C2HBr2NO4/c3-2(4,1(6)7)5(8)9/h(H,6,7). The number of rotatable bonds is 2. The number of carbonyl (C=O) groups is 1. The van der Waals surface area contributed by atoms with E-state index < -0.39 is 14.3 Å². The zero-order valence-electron chi connectivity index (χ0n) is 3.88. The smallest absolute Gasteiger partial charge is 0.420 e. The molecule has 0 saturated carbocycles. The van der Waals surface area contributed by atoms with Crippen LogP contribution in [0, 0.1) is 10.1 Å². The normalized spacial score (nSPS) is 10.9. The quantitative estimate of drug-likeness (QED) is 0.345. The number of carboxylic acid groups (broad SMARTS) is 1. The van der Waals surface area contributed by atoms with E-state index in [-0.39, 0.29) is 0 Å². The van der Waals surface area contributed by atoms with Gasteiger partial charge >= 0.3 is 9.33 Å². The molecule has 0 radical (unpaired) electrons. The lowest BCUT2D eigenvalue weighted by molar-refractivity contribution is -0.492. The highest BCUT2D eigenvalue weighted by Gasteiger charge is 2.45. The summed E-state index contributed by atoms with van der Waals surface area (Å²) in [5.41, 5.74) is 0. The summed E-state index contributed by atoms with van der Waals surface area (Å²) >= 11 is 4.66. The number of carboxylic acids is 1. The zero-order valence-corrected chi connectivity index (χ0v) is 7.05. The Labute approximate surface area is 66.4 Å². The number of hydrogen-bond donors (Lipinski definition) is 1. The maximum absolute atomic E-state index is 9.93. The summed E-state index contributed by atoms with van der Waals surface area (Å²) in [6.45, 7) is 0. The lowest BCUT2D eigenvalue weighted by Crippen LogP contribution is -2.33. The highest BCUT2D eigenvalue weighted by molar-refractivity contribution is 9.25. The Morgan fingerprint density at radius 2 is 2.00 bits per heavy atom. The van der Waals surface area contributed by atoms with Crippen molar-refractivity contribution in [2.24, 2.45) is 0 Å². The Kier molecular flexibility index (Phi) is 2.56. The minimum absolute atomic E-state index is 1.00. The van der Waals surface area contributed by atoms with Gasteiger partial charge in [-0.05, 0) is 0 Å². The molecule has 0 heterocycles. The third kappa shape index (κ3) is 1.90. The molecular formula is C2HBr2NO4. The summed E-state index contributed by atoms with van der Waals surface area (Å²) in [5.74, 6) is -1.59. The second kappa shape index (κ2) is 2.61. The fourth-order valence-electron chi connectivity index (χ4n) is 0.0781. The van der Waals surface area contributed by atoms with E-state index in [1.54, 1.807) is 0 Å². The Bertz CT molecular complexity index is 139. The Morgan fingerprint density at radius 1 is 1.67 bits per heavy atom. The number of nitrogens with zero attached hydrogens (tertiary/aromatic N) is 1. The summed E-state index contributed by atoms with van der Waals surface area (Å²) in [4.78, 5) is 18.7. The van der Waals surface area contributed by atoms with Gasteiger partial charge in [-0.1, -0.05) is 0 Å². The number of halogens is 2. The first-order valence-electron chi connectivity index (χ1n) is 1.64. The van der Waals surface area contributed by atoms with Crippen LogP contribution in [0.3, 0.4) is 0 Å². The van der Waals surface area contributed by atoms with Gasteiger partial charge in [-0.25, -0.2) is 4.79 Å². The van der Waals surface area contributed by atoms with Gasteiger partial charge in [-0.2, -0.15) is 0 Å². The van der Waals surface area contributed by atoms with Gasteiger partial charge < -0.3 is 5.11 Å². The molecule has 0 aromatic carbocycles. The lowest BCUT2D eigenvalue weighted by atomic mass is 10.7.